The molecule has 0 unspecified atom stereocenters. The molecule has 6 nitrogen and oxygen atoms in total. The lowest BCUT2D eigenvalue weighted by molar-refractivity contribution is -0.143. The van der Waals surface area contributed by atoms with Gasteiger partial charge in [0.2, 0.25) is 0 Å². The van der Waals surface area contributed by atoms with E-state index < -0.39 is 5.97 Å². The second-order valence-electron chi connectivity index (χ2n) is 5.05. The van der Waals surface area contributed by atoms with E-state index in [9.17, 15) is 9.59 Å². The normalized spacial score (nSPS) is 12.9. The van der Waals surface area contributed by atoms with Crippen molar-refractivity contribution in [3.63, 3.8) is 0 Å². The van der Waals surface area contributed by atoms with Gasteiger partial charge in [-0.2, -0.15) is 0 Å². The molecule has 0 saturated carbocycles. The monoisotopic (exact) mass is 319 g/mol. The van der Waals surface area contributed by atoms with Crippen LogP contribution < -0.4 is 14.8 Å². The third-order valence-corrected chi connectivity index (χ3v) is 3.18. The maximum Gasteiger partial charge on any atom is 0.331 e. The summed E-state index contributed by atoms with van der Waals surface area (Å²) in [6.07, 6.45) is 4.79. The van der Waals surface area contributed by atoms with Gasteiger partial charge in [0.1, 0.15) is 13.2 Å². The lowest BCUT2D eigenvalue weighted by atomic mass is 10.2. The van der Waals surface area contributed by atoms with E-state index >= 15 is 0 Å². The Bertz CT molecular complexity index is 582. The van der Waals surface area contributed by atoms with Crippen LogP contribution >= 0.6 is 0 Å². The Morgan fingerprint density at radius 3 is 2.83 bits per heavy atom. The zero-order valence-electron chi connectivity index (χ0n) is 13.2. The lowest BCUT2D eigenvalue weighted by Gasteiger charge is -2.18. The predicted molar refractivity (Wildman–Crippen MR) is 85.3 cm³/mol. The number of esters is 1. The maximum atomic E-state index is 11.6. The van der Waals surface area contributed by atoms with Crippen molar-refractivity contribution in [1.29, 1.82) is 0 Å². The number of rotatable bonds is 7. The first-order valence-corrected chi connectivity index (χ1v) is 7.70. The minimum atomic E-state index is -0.564. The fourth-order valence-corrected chi connectivity index (χ4v) is 1.97. The Balaban J connectivity index is 1.78. The zero-order chi connectivity index (χ0) is 16.5. The SMILES string of the molecule is CCCCNC(=O)COC(=O)/C=C/c1ccc2c(c1)OCCO2. The molecule has 0 spiro atoms. The van der Waals surface area contributed by atoms with E-state index in [1.54, 1.807) is 18.2 Å². The second kappa shape index (κ2) is 8.82. The van der Waals surface area contributed by atoms with Gasteiger partial charge >= 0.3 is 5.97 Å². The second-order valence-corrected chi connectivity index (χ2v) is 5.05. The van der Waals surface area contributed by atoms with Crippen molar-refractivity contribution >= 4 is 18.0 Å². The summed E-state index contributed by atoms with van der Waals surface area (Å²) in [5.41, 5.74) is 0.790. The van der Waals surface area contributed by atoms with Crippen LogP contribution in [0.3, 0.4) is 0 Å². The summed E-state index contributed by atoms with van der Waals surface area (Å²) in [5, 5.41) is 2.68. The highest BCUT2D eigenvalue weighted by atomic mass is 16.6. The summed E-state index contributed by atoms with van der Waals surface area (Å²) in [6.45, 7) is 3.41. The molecule has 2 rings (SSSR count). The van der Waals surface area contributed by atoms with Crippen LogP contribution in [0.1, 0.15) is 25.3 Å². The van der Waals surface area contributed by atoms with Gasteiger partial charge in [0, 0.05) is 12.6 Å². The van der Waals surface area contributed by atoms with E-state index in [1.165, 1.54) is 6.08 Å². The molecular weight excluding hydrogens is 298 g/mol. The Kier molecular flexibility index (Phi) is 6.47. The molecule has 0 saturated heterocycles. The molecule has 0 aromatic heterocycles. The van der Waals surface area contributed by atoms with Crippen molar-refractivity contribution in [1.82, 2.24) is 5.32 Å². The Labute approximate surface area is 135 Å². The van der Waals surface area contributed by atoms with E-state index in [4.69, 9.17) is 14.2 Å². The molecule has 23 heavy (non-hydrogen) atoms. The van der Waals surface area contributed by atoms with Gasteiger partial charge in [0.05, 0.1) is 0 Å². The number of carbonyl (C=O) groups is 2. The first kappa shape index (κ1) is 16.9. The van der Waals surface area contributed by atoms with Crippen LogP contribution in [-0.4, -0.2) is 38.2 Å². The van der Waals surface area contributed by atoms with Crippen LogP contribution in [0.5, 0.6) is 11.5 Å². The molecular formula is C17H21NO5. The van der Waals surface area contributed by atoms with Gasteiger partial charge in [-0.3, -0.25) is 4.79 Å². The first-order valence-electron chi connectivity index (χ1n) is 7.70. The van der Waals surface area contributed by atoms with Crippen LogP contribution in [-0.2, 0) is 14.3 Å². The first-order chi connectivity index (χ1) is 11.2. The minimum Gasteiger partial charge on any atom is -0.486 e. The number of nitrogens with one attached hydrogen (secondary N) is 1. The zero-order valence-corrected chi connectivity index (χ0v) is 13.2. The molecule has 124 valence electrons. The van der Waals surface area contributed by atoms with Gasteiger partial charge in [-0.1, -0.05) is 19.4 Å². The molecule has 0 radical (unpaired) electrons. The Hall–Kier alpha value is -2.50. The molecule has 1 heterocycles. The third-order valence-electron chi connectivity index (χ3n) is 3.18. The fraction of sp³-hybridized carbons (Fsp3) is 0.412. The molecule has 0 bridgehead atoms. The van der Waals surface area contributed by atoms with Gasteiger partial charge in [0.15, 0.2) is 18.1 Å². The molecule has 1 aromatic carbocycles. The highest BCUT2D eigenvalue weighted by Gasteiger charge is 2.11. The fourth-order valence-electron chi connectivity index (χ4n) is 1.97. The average molecular weight is 319 g/mol. The van der Waals surface area contributed by atoms with Crippen LogP contribution in [0.15, 0.2) is 24.3 Å². The smallest absolute Gasteiger partial charge is 0.331 e. The number of ether oxygens (including phenoxy) is 3. The average Bonchev–Trinajstić information content (AvgIpc) is 2.58. The molecule has 1 N–H and O–H groups in total. The van der Waals surface area contributed by atoms with Crippen molar-refractivity contribution in [3.05, 3.63) is 29.8 Å². The number of amides is 1. The molecule has 0 fully saturated rings. The molecule has 0 aliphatic carbocycles. The topological polar surface area (TPSA) is 73.9 Å². The van der Waals surface area contributed by atoms with E-state index in [0.29, 0.717) is 31.3 Å². The number of unbranched alkanes of at least 4 members (excludes halogenated alkanes) is 1. The van der Waals surface area contributed by atoms with Crippen LogP contribution in [0.4, 0.5) is 0 Å². The minimum absolute atomic E-state index is 0.270. The summed E-state index contributed by atoms with van der Waals surface area (Å²) in [6, 6.07) is 5.39. The van der Waals surface area contributed by atoms with Crippen molar-refractivity contribution in [2.75, 3.05) is 26.4 Å². The van der Waals surface area contributed by atoms with Gasteiger partial charge in [-0.05, 0) is 30.2 Å². The molecule has 6 heteroatoms. The van der Waals surface area contributed by atoms with Crippen LogP contribution in [0.2, 0.25) is 0 Å². The summed E-state index contributed by atoms with van der Waals surface area (Å²) in [5.74, 6) is 0.492. The highest BCUT2D eigenvalue weighted by molar-refractivity contribution is 5.89. The standard InChI is InChI=1S/C17H21NO5/c1-2-3-8-18-16(19)12-23-17(20)7-5-13-4-6-14-15(11-13)22-10-9-21-14/h4-7,11H,2-3,8-10,12H2,1H3,(H,18,19)/b7-5+. The molecule has 1 aliphatic rings. The van der Waals surface area contributed by atoms with Gasteiger partial charge in [-0.15, -0.1) is 0 Å². The number of carbonyl (C=O) groups excluding carboxylic acids is 2. The van der Waals surface area contributed by atoms with Crippen molar-refractivity contribution in [3.8, 4) is 11.5 Å². The highest BCUT2D eigenvalue weighted by Crippen LogP contribution is 2.31. The largest absolute Gasteiger partial charge is 0.486 e. The van der Waals surface area contributed by atoms with Crippen molar-refractivity contribution in [2.45, 2.75) is 19.8 Å². The number of hydrogen-bond acceptors (Lipinski definition) is 5. The van der Waals surface area contributed by atoms with E-state index in [2.05, 4.69) is 5.32 Å². The quantitative estimate of drug-likeness (QED) is 0.472. The van der Waals surface area contributed by atoms with Gasteiger partial charge in [-0.25, -0.2) is 4.79 Å². The number of fused-ring (bicyclic) bond motifs is 1. The van der Waals surface area contributed by atoms with E-state index in [0.717, 1.165) is 18.4 Å². The number of hydrogen-bond donors (Lipinski definition) is 1. The lowest BCUT2D eigenvalue weighted by Crippen LogP contribution is -2.29. The molecule has 1 aliphatic heterocycles. The predicted octanol–water partition coefficient (Wildman–Crippen LogP) is 1.93. The summed E-state index contributed by atoms with van der Waals surface area (Å²) in [7, 11) is 0. The Morgan fingerprint density at radius 1 is 1.26 bits per heavy atom. The summed E-state index contributed by atoms with van der Waals surface area (Å²) < 4.78 is 15.8. The molecule has 1 aromatic rings. The van der Waals surface area contributed by atoms with Gasteiger partial charge < -0.3 is 19.5 Å². The third kappa shape index (κ3) is 5.65. The van der Waals surface area contributed by atoms with Crippen molar-refractivity contribution < 1.29 is 23.8 Å². The van der Waals surface area contributed by atoms with Crippen molar-refractivity contribution in [2.24, 2.45) is 0 Å². The summed E-state index contributed by atoms with van der Waals surface area (Å²) >= 11 is 0. The van der Waals surface area contributed by atoms with Crippen LogP contribution in [0, 0.1) is 0 Å². The van der Waals surface area contributed by atoms with Crippen LogP contribution in [0.25, 0.3) is 6.08 Å². The van der Waals surface area contributed by atoms with E-state index in [1.807, 2.05) is 13.0 Å². The maximum absolute atomic E-state index is 11.6. The molecule has 0 atom stereocenters. The number of benzene rings is 1. The Morgan fingerprint density at radius 2 is 2.04 bits per heavy atom. The summed E-state index contributed by atoms with van der Waals surface area (Å²) in [4.78, 5) is 23.0. The van der Waals surface area contributed by atoms with Gasteiger partial charge in [0.25, 0.3) is 5.91 Å². The van der Waals surface area contributed by atoms with E-state index in [-0.39, 0.29) is 12.5 Å². The molecule has 1 amide bonds.